The van der Waals surface area contributed by atoms with Crippen LogP contribution in [0.25, 0.3) is 0 Å². The van der Waals surface area contributed by atoms with Crippen LogP contribution in [0.15, 0.2) is 0 Å². The molecule has 2 rings (SSSR count). The van der Waals surface area contributed by atoms with Crippen LogP contribution >= 0.6 is 0 Å². The highest BCUT2D eigenvalue weighted by Gasteiger charge is 2.29. The van der Waals surface area contributed by atoms with Gasteiger partial charge in [0, 0.05) is 6.04 Å². The van der Waals surface area contributed by atoms with Gasteiger partial charge in [0.15, 0.2) is 0 Å². The largest absolute Gasteiger partial charge is 0.466 e. The Morgan fingerprint density at radius 3 is 2.22 bits per heavy atom. The third-order valence-corrected chi connectivity index (χ3v) is 4.49. The maximum absolute atomic E-state index is 11.7. The van der Waals surface area contributed by atoms with Gasteiger partial charge in [0.25, 0.3) is 0 Å². The number of likely N-dealkylation sites (tertiary alicyclic amines) is 1. The molecule has 2 aliphatic rings. The SMILES string of the molecule is CCOC(=O)C1CCN(C2CCCCCC2)CC1. The average Bonchev–Trinajstić information content (AvgIpc) is 2.68. The lowest BCUT2D eigenvalue weighted by atomic mass is 9.94. The molecule has 0 unspecified atom stereocenters. The van der Waals surface area contributed by atoms with E-state index in [0.717, 1.165) is 32.0 Å². The Kier molecular flexibility index (Phi) is 5.48. The van der Waals surface area contributed by atoms with Crippen LogP contribution in [-0.4, -0.2) is 36.6 Å². The van der Waals surface area contributed by atoms with Crippen molar-refractivity contribution in [2.45, 2.75) is 64.3 Å². The zero-order valence-corrected chi connectivity index (χ0v) is 11.7. The Morgan fingerprint density at radius 1 is 1.06 bits per heavy atom. The van der Waals surface area contributed by atoms with Crippen LogP contribution in [0.2, 0.25) is 0 Å². The highest BCUT2D eigenvalue weighted by atomic mass is 16.5. The van der Waals surface area contributed by atoms with Crippen molar-refractivity contribution in [3.63, 3.8) is 0 Å². The Hall–Kier alpha value is -0.570. The molecule has 0 radical (unpaired) electrons. The van der Waals surface area contributed by atoms with Crippen LogP contribution in [-0.2, 0) is 9.53 Å². The molecule has 0 N–H and O–H groups in total. The number of rotatable bonds is 3. The summed E-state index contributed by atoms with van der Waals surface area (Å²) in [6.45, 7) is 4.59. The van der Waals surface area contributed by atoms with Gasteiger partial charge >= 0.3 is 5.97 Å². The highest BCUT2D eigenvalue weighted by molar-refractivity contribution is 5.72. The minimum atomic E-state index is 0.0259. The van der Waals surface area contributed by atoms with Crippen LogP contribution in [0.1, 0.15) is 58.3 Å². The summed E-state index contributed by atoms with van der Waals surface area (Å²) in [7, 11) is 0. The molecular weight excluding hydrogens is 226 g/mol. The van der Waals surface area contributed by atoms with Crippen molar-refractivity contribution in [1.29, 1.82) is 0 Å². The van der Waals surface area contributed by atoms with Gasteiger partial charge in [0.05, 0.1) is 12.5 Å². The first-order valence-corrected chi connectivity index (χ1v) is 7.72. The van der Waals surface area contributed by atoms with Crippen LogP contribution in [0, 0.1) is 5.92 Å². The van der Waals surface area contributed by atoms with Crippen LogP contribution in [0.3, 0.4) is 0 Å². The van der Waals surface area contributed by atoms with Gasteiger partial charge in [0.1, 0.15) is 0 Å². The third-order valence-electron chi connectivity index (χ3n) is 4.49. The number of nitrogens with zero attached hydrogens (tertiary/aromatic N) is 1. The Bertz CT molecular complexity index is 251. The molecule has 1 aliphatic carbocycles. The van der Waals surface area contributed by atoms with Crippen molar-refractivity contribution in [2.75, 3.05) is 19.7 Å². The molecule has 0 spiro atoms. The molecule has 3 nitrogen and oxygen atoms in total. The van der Waals surface area contributed by atoms with E-state index in [4.69, 9.17) is 4.74 Å². The van der Waals surface area contributed by atoms with Crippen molar-refractivity contribution in [1.82, 2.24) is 4.90 Å². The second-order valence-electron chi connectivity index (χ2n) is 5.71. The van der Waals surface area contributed by atoms with Gasteiger partial charge in [0.2, 0.25) is 0 Å². The van der Waals surface area contributed by atoms with Gasteiger partial charge < -0.3 is 9.64 Å². The molecule has 0 amide bonds. The van der Waals surface area contributed by atoms with Crippen molar-refractivity contribution >= 4 is 5.97 Å². The molecule has 18 heavy (non-hydrogen) atoms. The molecule has 1 aliphatic heterocycles. The van der Waals surface area contributed by atoms with Gasteiger partial charge in [-0.25, -0.2) is 0 Å². The van der Waals surface area contributed by atoms with Crippen molar-refractivity contribution in [3.05, 3.63) is 0 Å². The fourth-order valence-corrected chi connectivity index (χ4v) is 3.38. The molecule has 0 aromatic rings. The summed E-state index contributed by atoms with van der Waals surface area (Å²) < 4.78 is 5.12. The highest BCUT2D eigenvalue weighted by Crippen LogP contribution is 2.26. The average molecular weight is 253 g/mol. The minimum Gasteiger partial charge on any atom is -0.466 e. The zero-order valence-electron chi connectivity index (χ0n) is 11.7. The van der Waals surface area contributed by atoms with Gasteiger partial charge in [-0.05, 0) is 45.7 Å². The summed E-state index contributed by atoms with van der Waals surface area (Å²) in [4.78, 5) is 14.3. The Morgan fingerprint density at radius 2 is 1.67 bits per heavy atom. The first-order valence-electron chi connectivity index (χ1n) is 7.72. The number of hydrogen-bond acceptors (Lipinski definition) is 3. The van der Waals surface area contributed by atoms with E-state index >= 15 is 0 Å². The number of piperidine rings is 1. The standard InChI is InChI=1S/C15H27NO2/c1-2-18-15(17)13-9-11-16(12-10-13)14-7-5-3-4-6-8-14/h13-14H,2-12H2,1H3. The molecule has 1 saturated heterocycles. The van der Waals surface area contributed by atoms with E-state index in [1.807, 2.05) is 6.92 Å². The lowest BCUT2D eigenvalue weighted by Gasteiger charge is -2.36. The monoisotopic (exact) mass is 253 g/mol. The molecule has 2 fully saturated rings. The van der Waals surface area contributed by atoms with E-state index in [2.05, 4.69) is 4.90 Å². The van der Waals surface area contributed by atoms with Gasteiger partial charge in [-0.1, -0.05) is 25.7 Å². The number of carbonyl (C=O) groups is 1. The van der Waals surface area contributed by atoms with Crippen molar-refractivity contribution in [3.8, 4) is 0 Å². The summed E-state index contributed by atoms with van der Waals surface area (Å²) in [5.41, 5.74) is 0. The zero-order chi connectivity index (χ0) is 12.8. The van der Waals surface area contributed by atoms with E-state index in [1.54, 1.807) is 0 Å². The summed E-state index contributed by atoms with van der Waals surface area (Å²) in [5.74, 6) is 0.185. The van der Waals surface area contributed by atoms with E-state index in [-0.39, 0.29) is 11.9 Å². The maximum Gasteiger partial charge on any atom is 0.309 e. The molecule has 0 aromatic carbocycles. The second kappa shape index (κ2) is 7.13. The molecule has 1 heterocycles. The molecule has 0 aromatic heterocycles. The van der Waals surface area contributed by atoms with Gasteiger partial charge in [-0.15, -0.1) is 0 Å². The van der Waals surface area contributed by atoms with E-state index in [0.29, 0.717) is 6.61 Å². The lowest BCUT2D eigenvalue weighted by Crippen LogP contribution is -2.42. The van der Waals surface area contributed by atoms with Crippen LogP contribution in [0.5, 0.6) is 0 Å². The van der Waals surface area contributed by atoms with Gasteiger partial charge in [-0.3, -0.25) is 4.79 Å². The molecule has 1 saturated carbocycles. The fourth-order valence-electron chi connectivity index (χ4n) is 3.38. The van der Waals surface area contributed by atoms with Crippen molar-refractivity contribution in [2.24, 2.45) is 5.92 Å². The topological polar surface area (TPSA) is 29.5 Å². The van der Waals surface area contributed by atoms with E-state index in [1.165, 1.54) is 38.5 Å². The predicted molar refractivity (Wildman–Crippen MR) is 72.4 cm³/mol. The third kappa shape index (κ3) is 3.71. The smallest absolute Gasteiger partial charge is 0.309 e. The number of esters is 1. The fraction of sp³-hybridized carbons (Fsp3) is 0.933. The van der Waals surface area contributed by atoms with E-state index < -0.39 is 0 Å². The maximum atomic E-state index is 11.7. The normalized spacial score (nSPS) is 24.7. The first-order chi connectivity index (χ1) is 8.81. The van der Waals surface area contributed by atoms with Crippen LogP contribution in [0.4, 0.5) is 0 Å². The van der Waals surface area contributed by atoms with E-state index in [9.17, 15) is 4.79 Å². The summed E-state index contributed by atoms with van der Waals surface area (Å²) in [6.07, 6.45) is 10.3. The Balaban J connectivity index is 1.76. The molecule has 3 heteroatoms. The minimum absolute atomic E-state index is 0.0259. The second-order valence-corrected chi connectivity index (χ2v) is 5.71. The molecular formula is C15H27NO2. The predicted octanol–water partition coefficient (Wildman–Crippen LogP) is 2.98. The summed E-state index contributed by atoms with van der Waals surface area (Å²) in [5, 5.41) is 0. The molecule has 0 bridgehead atoms. The summed E-state index contributed by atoms with van der Waals surface area (Å²) in [6, 6.07) is 0.788. The number of carbonyl (C=O) groups excluding carboxylic acids is 1. The lowest BCUT2D eigenvalue weighted by molar-refractivity contribution is -0.149. The number of hydrogen-bond donors (Lipinski definition) is 0. The molecule has 0 atom stereocenters. The van der Waals surface area contributed by atoms with Crippen molar-refractivity contribution < 1.29 is 9.53 Å². The first kappa shape index (κ1) is 13.9. The van der Waals surface area contributed by atoms with Crippen LogP contribution < -0.4 is 0 Å². The van der Waals surface area contributed by atoms with Gasteiger partial charge in [-0.2, -0.15) is 0 Å². The molecule has 104 valence electrons. The number of ether oxygens (including phenoxy) is 1. The Labute approximate surface area is 111 Å². The quantitative estimate of drug-likeness (QED) is 0.572. The summed E-state index contributed by atoms with van der Waals surface area (Å²) >= 11 is 0.